The van der Waals surface area contributed by atoms with Crippen molar-refractivity contribution in [3.05, 3.63) is 34.4 Å². The Hall–Kier alpha value is -1.29. The van der Waals surface area contributed by atoms with Gasteiger partial charge in [0.05, 0.1) is 11.5 Å². The van der Waals surface area contributed by atoms with E-state index in [1.807, 2.05) is 6.92 Å². The van der Waals surface area contributed by atoms with Gasteiger partial charge in [-0.1, -0.05) is 24.6 Å². The summed E-state index contributed by atoms with van der Waals surface area (Å²) in [4.78, 5) is 0. The molecule has 1 heteroatoms. The normalized spacial score (nSPS) is 14.2. The molecule has 1 nitrogen and oxygen atoms in total. The van der Waals surface area contributed by atoms with Gasteiger partial charge in [0.1, 0.15) is 0 Å². The molecule has 1 rings (SSSR count). The van der Waals surface area contributed by atoms with Crippen molar-refractivity contribution in [2.45, 2.75) is 47.5 Å². The van der Waals surface area contributed by atoms with Gasteiger partial charge in [-0.05, 0) is 57.2 Å². The van der Waals surface area contributed by atoms with Crippen molar-refractivity contribution >= 4 is 0 Å². The highest BCUT2D eigenvalue weighted by Crippen LogP contribution is 2.29. The molecule has 0 bridgehead atoms. The maximum Gasteiger partial charge on any atom is 0.0690 e. The molecule has 0 aliphatic carbocycles. The predicted molar refractivity (Wildman–Crippen MR) is 68.4 cm³/mol. The maximum absolute atomic E-state index is 9.23. The molecule has 0 saturated carbocycles. The largest absolute Gasteiger partial charge is 0.198 e. The Morgan fingerprint density at radius 3 is 2.06 bits per heavy atom. The Kier molecular flexibility index (Phi) is 3.75. The molecule has 1 atom stereocenters. The van der Waals surface area contributed by atoms with Crippen molar-refractivity contribution in [3.8, 4) is 6.07 Å². The van der Waals surface area contributed by atoms with Crippen LogP contribution in [0.25, 0.3) is 0 Å². The molecule has 86 valence electrons. The summed E-state index contributed by atoms with van der Waals surface area (Å²) in [5.74, 6) is 0. The van der Waals surface area contributed by atoms with Crippen molar-refractivity contribution in [3.63, 3.8) is 0 Å². The fourth-order valence-corrected chi connectivity index (χ4v) is 2.12. The lowest BCUT2D eigenvalue weighted by atomic mass is 9.80. The van der Waals surface area contributed by atoms with Gasteiger partial charge in [-0.25, -0.2) is 0 Å². The lowest BCUT2D eigenvalue weighted by Gasteiger charge is -2.22. The third kappa shape index (κ3) is 2.64. The zero-order valence-corrected chi connectivity index (χ0v) is 11.0. The van der Waals surface area contributed by atoms with Crippen molar-refractivity contribution in [2.24, 2.45) is 5.41 Å². The highest BCUT2D eigenvalue weighted by Gasteiger charge is 2.23. The smallest absolute Gasteiger partial charge is 0.0690 e. The number of nitriles is 1. The Bertz CT molecular complexity index is 403. The number of benzene rings is 1. The lowest BCUT2D eigenvalue weighted by molar-refractivity contribution is 0.421. The van der Waals surface area contributed by atoms with E-state index in [1.165, 1.54) is 22.3 Å². The molecule has 0 aliphatic heterocycles. The van der Waals surface area contributed by atoms with Crippen LogP contribution >= 0.6 is 0 Å². The number of hydrogen-bond acceptors (Lipinski definition) is 1. The van der Waals surface area contributed by atoms with Gasteiger partial charge >= 0.3 is 0 Å². The third-order valence-corrected chi connectivity index (χ3v) is 3.46. The lowest BCUT2D eigenvalue weighted by Crippen LogP contribution is -2.17. The standard InChI is InChI=1S/C15H21N/c1-6-15(5,10-16)9-14-12(3)7-11(2)8-13(14)4/h7-8H,6,9H2,1-5H3. The van der Waals surface area contributed by atoms with Crippen LogP contribution in [0.3, 0.4) is 0 Å². The summed E-state index contributed by atoms with van der Waals surface area (Å²) >= 11 is 0. The van der Waals surface area contributed by atoms with E-state index < -0.39 is 0 Å². The molecular formula is C15H21N. The monoisotopic (exact) mass is 215 g/mol. The quantitative estimate of drug-likeness (QED) is 0.745. The van der Waals surface area contributed by atoms with E-state index in [0.717, 1.165) is 12.8 Å². The van der Waals surface area contributed by atoms with Crippen LogP contribution in [-0.4, -0.2) is 0 Å². The number of rotatable bonds is 3. The Morgan fingerprint density at radius 1 is 1.19 bits per heavy atom. The first kappa shape index (κ1) is 12.8. The number of hydrogen-bond donors (Lipinski definition) is 0. The first-order chi connectivity index (χ1) is 7.41. The second kappa shape index (κ2) is 4.70. The van der Waals surface area contributed by atoms with Crippen LogP contribution in [0, 0.1) is 37.5 Å². The molecule has 1 aromatic rings. The average molecular weight is 215 g/mol. The van der Waals surface area contributed by atoms with Crippen LogP contribution in [-0.2, 0) is 6.42 Å². The van der Waals surface area contributed by atoms with Gasteiger partial charge < -0.3 is 0 Å². The fraction of sp³-hybridized carbons (Fsp3) is 0.533. The van der Waals surface area contributed by atoms with E-state index in [4.69, 9.17) is 0 Å². The molecule has 0 N–H and O–H groups in total. The van der Waals surface area contributed by atoms with Gasteiger partial charge in [-0.3, -0.25) is 0 Å². The summed E-state index contributed by atoms with van der Waals surface area (Å²) in [5, 5.41) is 9.23. The second-order valence-corrected chi connectivity index (χ2v) is 5.08. The SMILES string of the molecule is CCC(C)(C#N)Cc1c(C)cc(C)cc1C. The van der Waals surface area contributed by atoms with E-state index >= 15 is 0 Å². The van der Waals surface area contributed by atoms with E-state index in [2.05, 4.69) is 45.9 Å². The molecule has 0 spiro atoms. The molecular weight excluding hydrogens is 194 g/mol. The van der Waals surface area contributed by atoms with Crippen LogP contribution in [0.1, 0.15) is 42.5 Å². The molecule has 0 saturated heterocycles. The molecule has 0 amide bonds. The zero-order valence-electron chi connectivity index (χ0n) is 11.0. The van der Waals surface area contributed by atoms with E-state index in [9.17, 15) is 5.26 Å². The molecule has 0 aromatic heterocycles. The van der Waals surface area contributed by atoms with Gasteiger partial charge in [-0.15, -0.1) is 0 Å². The molecule has 0 aliphatic rings. The first-order valence-corrected chi connectivity index (χ1v) is 5.90. The molecule has 0 fully saturated rings. The van der Waals surface area contributed by atoms with Crippen molar-refractivity contribution in [2.75, 3.05) is 0 Å². The molecule has 1 aromatic carbocycles. The Labute approximate surface area is 99.1 Å². The van der Waals surface area contributed by atoms with Gasteiger partial charge in [0, 0.05) is 0 Å². The second-order valence-electron chi connectivity index (χ2n) is 5.08. The fourth-order valence-electron chi connectivity index (χ4n) is 2.12. The first-order valence-electron chi connectivity index (χ1n) is 5.90. The van der Waals surface area contributed by atoms with Crippen molar-refractivity contribution in [1.82, 2.24) is 0 Å². The summed E-state index contributed by atoms with van der Waals surface area (Å²) < 4.78 is 0. The minimum Gasteiger partial charge on any atom is -0.198 e. The van der Waals surface area contributed by atoms with Crippen LogP contribution < -0.4 is 0 Å². The average Bonchev–Trinajstić information content (AvgIpc) is 2.23. The predicted octanol–water partition coefficient (Wildman–Crippen LogP) is 4.09. The van der Waals surface area contributed by atoms with E-state index in [-0.39, 0.29) is 5.41 Å². The summed E-state index contributed by atoms with van der Waals surface area (Å²) in [7, 11) is 0. The summed E-state index contributed by atoms with van der Waals surface area (Å²) in [6.45, 7) is 10.5. The summed E-state index contributed by atoms with van der Waals surface area (Å²) in [5.41, 5.74) is 5.04. The number of nitrogens with zero attached hydrogens (tertiary/aromatic N) is 1. The van der Waals surface area contributed by atoms with Crippen molar-refractivity contribution in [1.29, 1.82) is 5.26 Å². The summed E-state index contributed by atoms with van der Waals surface area (Å²) in [6.07, 6.45) is 1.76. The van der Waals surface area contributed by atoms with Crippen LogP contribution in [0.2, 0.25) is 0 Å². The Morgan fingerprint density at radius 2 is 1.69 bits per heavy atom. The highest BCUT2D eigenvalue weighted by molar-refractivity contribution is 5.38. The van der Waals surface area contributed by atoms with Gasteiger partial charge in [0.25, 0.3) is 0 Å². The maximum atomic E-state index is 9.23. The summed E-state index contributed by atoms with van der Waals surface area (Å²) in [6, 6.07) is 6.85. The van der Waals surface area contributed by atoms with Crippen LogP contribution in [0.5, 0.6) is 0 Å². The van der Waals surface area contributed by atoms with Crippen LogP contribution in [0.4, 0.5) is 0 Å². The molecule has 16 heavy (non-hydrogen) atoms. The minimum absolute atomic E-state index is 0.231. The minimum atomic E-state index is -0.231. The molecule has 0 radical (unpaired) electrons. The van der Waals surface area contributed by atoms with E-state index in [0.29, 0.717) is 0 Å². The molecule has 0 heterocycles. The molecule has 1 unspecified atom stereocenters. The van der Waals surface area contributed by atoms with Crippen LogP contribution in [0.15, 0.2) is 12.1 Å². The topological polar surface area (TPSA) is 23.8 Å². The Balaban J connectivity index is 3.12. The highest BCUT2D eigenvalue weighted by atomic mass is 14.3. The van der Waals surface area contributed by atoms with Gasteiger partial charge in [0.15, 0.2) is 0 Å². The van der Waals surface area contributed by atoms with Gasteiger partial charge in [-0.2, -0.15) is 5.26 Å². The zero-order chi connectivity index (χ0) is 12.3. The third-order valence-electron chi connectivity index (χ3n) is 3.46. The number of aryl methyl sites for hydroxylation is 3. The van der Waals surface area contributed by atoms with Crippen molar-refractivity contribution < 1.29 is 0 Å². The van der Waals surface area contributed by atoms with Gasteiger partial charge in [0.2, 0.25) is 0 Å². The van der Waals surface area contributed by atoms with E-state index in [1.54, 1.807) is 0 Å².